The van der Waals surface area contributed by atoms with Gasteiger partial charge in [0, 0.05) is 23.4 Å². The normalized spacial score (nSPS) is 10.6. The van der Waals surface area contributed by atoms with Crippen molar-refractivity contribution in [2.75, 3.05) is 19.8 Å². The molecule has 0 bridgehead atoms. The van der Waals surface area contributed by atoms with Gasteiger partial charge in [-0.1, -0.05) is 24.3 Å². The summed E-state index contributed by atoms with van der Waals surface area (Å²) in [4.78, 5) is 1.36. The highest BCUT2D eigenvalue weighted by Crippen LogP contribution is 2.16. The molecular weight excluding hydrogens is 258 g/mol. The van der Waals surface area contributed by atoms with Gasteiger partial charge in [0.2, 0.25) is 0 Å². The number of hydrogen-bond acceptors (Lipinski definition) is 4. The Morgan fingerprint density at radius 3 is 2.68 bits per heavy atom. The standard InChI is InChI=1S/C15H19NO2S/c16-12-13-4-1-2-6-15(13)18-10-9-17-8-7-14-5-3-11-19-14/h1-6,11H,7-10,12,16H2. The van der Waals surface area contributed by atoms with Crippen molar-refractivity contribution in [2.45, 2.75) is 13.0 Å². The zero-order chi connectivity index (χ0) is 13.3. The maximum Gasteiger partial charge on any atom is 0.123 e. The van der Waals surface area contributed by atoms with Crippen molar-refractivity contribution >= 4 is 11.3 Å². The second kappa shape index (κ2) is 7.94. The van der Waals surface area contributed by atoms with Gasteiger partial charge in [-0.2, -0.15) is 0 Å². The third-order valence-corrected chi connectivity index (χ3v) is 3.69. The fourth-order valence-electron chi connectivity index (χ4n) is 1.75. The van der Waals surface area contributed by atoms with E-state index < -0.39 is 0 Å². The van der Waals surface area contributed by atoms with Gasteiger partial charge in [-0.15, -0.1) is 11.3 Å². The van der Waals surface area contributed by atoms with E-state index in [1.54, 1.807) is 11.3 Å². The van der Waals surface area contributed by atoms with Crippen LogP contribution in [0.3, 0.4) is 0 Å². The molecule has 0 atom stereocenters. The van der Waals surface area contributed by atoms with E-state index >= 15 is 0 Å². The minimum absolute atomic E-state index is 0.495. The molecule has 2 aromatic rings. The van der Waals surface area contributed by atoms with Crippen LogP contribution in [0.2, 0.25) is 0 Å². The molecule has 1 aromatic carbocycles. The predicted molar refractivity (Wildman–Crippen MR) is 78.7 cm³/mol. The Morgan fingerprint density at radius 2 is 1.89 bits per heavy atom. The fraction of sp³-hybridized carbons (Fsp3) is 0.333. The minimum Gasteiger partial charge on any atom is -0.491 e. The average molecular weight is 277 g/mol. The summed E-state index contributed by atoms with van der Waals surface area (Å²) in [6, 6.07) is 12.0. The highest BCUT2D eigenvalue weighted by molar-refractivity contribution is 7.09. The molecule has 102 valence electrons. The first kappa shape index (κ1) is 14.1. The Balaban J connectivity index is 1.61. The first-order valence-corrected chi connectivity index (χ1v) is 7.29. The lowest BCUT2D eigenvalue weighted by Crippen LogP contribution is -2.10. The van der Waals surface area contributed by atoms with Crippen LogP contribution in [0.25, 0.3) is 0 Å². The number of thiophene rings is 1. The molecule has 0 aliphatic carbocycles. The van der Waals surface area contributed by atoms with E-state index in [1.165, 1.54) is 4.88 Å². The number of benzene rings is 1. The van der Waals surface area contributed by atoms with Gasteiger partial charge in [-0.05, 0) is 17.5 Å². The second-order valence-corrected chi connectivity index (χ2v) is 5.13. The van der Waals surface area contributed by atoms with Crippen LogP contribution in [-0.2, 0) is 17.7 Å². The average Bonchev–Trinajstić information content (AvgIpc) is 2.96. The summed E-state index contributed by atoms with van der Waals surface area (Å²) >= 11 is 1.76. The lowest BCUT2D eigenvalue weighted by atomic mass is 10.2. The molecule has 0 spiro atoms. The van der Waals surface area contributed by atoms with Gasteiger partial charge in [-0.25, -0.2) is 0 Å². The molecule has 0 fully saturated rings. The highest BCUT2D eigenvalue weighted by atomic mass is 32.1. The molecule has 0 saturated carbocycles. The number of para-hydroxylation sites is 1. The first-order chi connectivity index (χ1) is 9.40. The van der Waals surface area contributed by atoms with Gasteiger partial charge in [0.05, 0.1) is 13.2 Å². The molecule has 0 saturated heterocycles. The van der Waals surface area contributed by atoms with Crippen molar-refractivity contribution in [3.8, 4) is 5.75 Å². The van der Waals surface area contributed by atoms with E-state index in [9.17, 15) is 0 Å². The van der Waals surface area contributed by atoms with Crippen molar-refractivity contribution in [3.63, 3.8) is 0 Å². The molecule has 3 nitrogen and oxygen atoms in total. The topological polar surface area (TPSA) is 44.5 Å². The summed E-state index contributed by atoms with van der Waals surface area (Å²) < 4.78 is 11.2. The summed E-state index contributed by atoms with van der Waals surface area (Å²) in [5.41, 5.74) is 6.68. The Hall–Kier alpha value is -1.36. The van der Waals surface area contributed by atoms with Crippen molar-refractivity contribution in [1.29, 1.82) is 0 Å². The SMILES string of the molecule is NCc1ccccc1OCCOCCc1cccs1. The van der Waals surface area contributed by atoms with Crippen LogP contribution in [0.1, 0.15) is 10.4 Å². The zero-order valence-electron chi connectivity index (χ0n) is 10.9. The highest BCUT2D eigenvalue weighted by Gasteiger charge is 2.00. The number of ether oxygens (including phenoxy) is 2. The number of rotatable bonds is 8. The molecule has 2 N–H and O–H groups in total. The lowest BCUT2D eigenvalue weighted by molar-refractivity contribution is 0.102. The maximum absolute atomic E-state index is 5.66. The summed E-state index contributed by atoms with van der Waals surface area (Å²) in [6.07, 6.45) is 0.969. The molecule has 2 rings (SSSR count). The Morgan fingerprint density at radius 1 is 1.00 bits per heavy atom. The van der Waals surface area contributed by atoms with E-state index in [-0.39, 0.29) is 0 Å². The number of nitrogens with two attached hydrogens (primary N) is 1. The van der Waals surface area contributed by atoms with Crippen molar-refractivity contribution in [3.05, 3.63) is 52.2 Å². The van der Waals surface area contributed by atoms with Crippen LogP contribution in [0.15, 0.2) is 41.8 Å². The molecule has 19 heavy (non-hydrogen) atoms. The fourth-order valence-corrected chi connectivity index (χ4v) is 2.44. The van der Waals surface area contributed by atoms with Crippen LogP contribution >= 0.6 is 11.3 Å². The van der Waals surface area contributed by atoms with E-state index in [0.717, 1.165) is 24.3 Å². The van der Waals surface area contributed by atoms with Crippen molar-refractivity contribution in [2.24, 2.45) is 5.73 Å². The third kappa shape index (κ3) is 4.67. The summed E-state index contributed by atoms with van der Waals surface area (Å²) in [6.45, 7) is 2.39. The predicted octanol–water partition coefficient (Wildman–Crippen LogP) is 2.84. The van der Waals surface area contributed by atoms with Gasteiger partial charge in [0.25, 0.3) is 0 Å². The second-order valence-electron chi connectivity index (χ2n) is 4.10. The Bertz CT molecular complexity index is 471. The van der Waals surface area contributed by atoms with Crippen LogP contribution in [0.4, 0.5) is 0 Å². The number of hydrogen-bond donors (Lipinski definition) is 1. The van der Waals surface area contributed by atoms with Crippen LogP contribution < -0.4 is 10.5 Å². The quantitative estimate of drug-likeness (QED) is 0.755. The van der Waals surface area contributed by atoms with Crippen LogP contribution in [0, 0.1) is 0 Å². The third-order valence-electron chi connectivity index (χ3n) is 2.75. The van der Waals surface area contributed by atoms with Crippen LogP contribution in [0.5, 0.6) is 5.75 Å². The molecule has 0 amide bonds. The molecule has 0 radical (unpaired) electrons. The molecule has 0 aliphatic heterocycles. The zero-order valence-corrected chi connectivity index (χ0v) is 11.7. The van der Waals surface area contributed by atoms with Gasteiger partial charge in [-0.3, -0.25) is 0 Å². The van der Waals surface area contributed by atoms with Crippen LogP contribution in [-0.4, -0.2) is 19.8 Å². The molecule has 0 aliphatic rings. The monoisotopic (exact) mass is 277 g/mol. The van der Waals surface area contributed by atoms with E-state index in [2.05, 4.69) is 17.5 Å². The molecule has 4 heteroatoms. The van der Waals surface area contributed by atoms with Gasteiger partial charge in [0.1, 0.15) is 12.4 Å². The van der Waals surface area contributed by atoms with Crippen molar-refractivity contribution < 1.29 is 9.47 Å². The summed E-state index contributed by atoms with van der Waals surface area (Å²) in [5, 5.41) is 2.09. The van der Waals surface area contributed by atoms with Crippen molar-refractivity contribution in [1.82, 2.24) is 0 Å². The molecule has 1 aromatic heterocycles. The lowest BCUT2D eigenvalue weighted by Gasteiger charge is -2.10. The van der Waals surface area contributed by atoms with E-state index in [4.69, 9.17) is 15.2 Å². The summed E-state index contributed by atoms with van der Waals surface area (Å²) in [5.74, 6) is 0.854. The van der Waals surface area contributed by atoms with E-state index in [1.807, 2.05) is 24.3 Å². The largest absolute Gasteiger partial charge is 0.491 e. The summed E-state index contributed by atoms with van der Waals surface area (Å²) in [7, 11) is 0. The van der Waals surface area contributed by atoms with E-state index in [0.29, 0.717) is 19.8 Å². The van der Waals surface area contributed by atoms with Gasteiger partial charge in [0.15, 0.2) is 0 Å². The smallest absolute Gasteiger partial charge is 0.123 e. The maximum atomic E-state index is 5.66. The Labute approximate surface area is 118 Å². The van der Waals surface area contributed by atoms with Gasteiger partial charge < -0.3 is 15.2 Å². The first-order valence-electron chi connectivity index (χ1n) is 6.41. The molecule has 1 heterocycles. The minimum atomic E-state index is 0.495. The molecular formula is C15H19NO2S. The Kier molecular flexibility index (Phi) is 5.88. The van der Waals surface area contributed by atoms with Gasteiger partial charge >= 0.3 is 0 Å². The molecule has 0 unspecified atom stereocenters.